The van der Waals surface area contributed by atoms with E-state index in [0.717, 1.165) is 5.56 Å². The third-order valence-corrected chi connectivity index (χ3v) is 1.90. The monoisotopic (exact) mass is 232 g/mol. The van der Waals surface area contributed by atoms with E-state index in [0.29, 0.717) is 12.2 Å². The summed E-state index contributed by atoms with van der Waals surface area (Å²) >= 11 is 0. The number of nitrogens with one attached hydrogen (secondary N) is 1. The smallest absolute Gasteiger partial charge is 0.407 e. The van der Waals surface area contributed by atoms with Crippen molar-refractivity contribution in [2.75, 3.05) is 0 Å². The Kier molecular flexibility index (Phi) is 4.11. The first kappa shape index (κ1) is 13.0. The Bertz CT molecular complexity index is 424. The van der Waals surface area contributed by atoms with Gasteiger partial charge in [-0.25, -0.2) is 9.64 Å². The Hall–Kier alpha value is -2.02. The average molecular weight is 232 g/mol. The van der Waals surface area contributed by atoms with E-state index in [1.54, 1.807) is 12.1 Å². The maximum atomic E-state index is 11.4. The molecule has 0 aliphatic heterocycles. The van der Waals surface area contributed by atoms with Crippen LogP contribution in [0.4, 0.5) is 10.5 Å². The van der Waals surface area contributed by atoms with Gasteiger partial charge < -0.3 is 10.1 Å². The van der Waals surface area contributed by atoms with Crippen molar-refractivity contribution in [3.05, 3.63) is 41.2 Å². The summed E-state index contributed by atoms with van der Waals surface area (Å²) in [7, 11) is 0. The standard InChI is InChI=1S/C13H16N2O2/c1-13(2,3)17-12(16)15-9-10-5-7-11(14-4)8-6-10/h5-8H,9H2,1-3H3,(H,15,16). The van der Waals surface area contributed by atoms with Gasteiger partial charge in [0.15, 0.2) is 5.69 Å². The second-order valence-electron chi connectivity index (χ2n) is 4.63. The van der Waals surface area contributed by atoms with Crippen LogP contribution in [-0.4, -0.2) is 11.7 Å². The highest BCUT2D eigenvalue weighted by Gasteiger charge is 2.15. The fourth-order valence-electron chi connectivity index (χ4n) is 1.18. The lowest BCUT2D eigenvalue weighted by Gasteiger charge is -2.19. The van der Waals surface area contributed by atoms with E-state index in [1.807, 2.05) is 32.9 Å². The van der Waals surface area contributed by atoms with Gasteiger partial charge in [0.05, 0.1) is 6.57 Å². The predicted molar refractivity (Wildman–Crippen MR) is 65.8 cm³/mol. The van der Waals surface area contributed by atoms with Gasteiger partial charge in [-0.1, -0.05) is 24.3 Å². The highest BCUT2D eigenvalue weighted by atomic mass is 16.6. The normalized spacial score (nSPS) is 10.5. The molecule has 0 radical (unpaired) electrons. The van der Waals surface area contributed by atoms with E-state index in [1.165, 1.54) is 0 Å². The van der Waals surface area contributed by atoms with Gasteiger partial charge in [0.1, 0.15) is 5.60 Å². The van der Waals surface area contributed by atoms with Crippen molar-refractivity contribution in [3.8, 4) is 0 Å². The zero-order valence-corrected chi connectivity index (χ0v) is 10.3. The summed E-state index contributed by atoms with van der Waals surface area (Å²) in [5.74, 6) is 0. The fourth-order valence-corrected chi connectivity index (χ4v) is 1.18. The maximum absolute atomic E-state index is 11.4. The topological polar surface area (TPSA) is 42.7 Å². The highest BCUT2D eigenvalue weighted by molar-refractivity contribution is 5.67. The minimum absolute atomic E-state index is 0.396. The third kappa shape index (κ3) is 5.03. The first-order valence-electron chi connectivity index (χ1n) is 5.34. The summed E-state index contributed by atoms with van der Waals surface area (Å²) in [5, 5.41) is 2.65. The van der Waals surface area contributed by atoms with Crippen LogP contribution >= 0.6 is 0 Å². The van der Waals surface area contributed by atoms with Gasteiger partial charge >= 0.3 is 6.09 Å². The zero-order valence-electron chi connectivity index (χ0n) is 10.3. The summed E-state index contributed by atoms with van der Waals surface area (Å²) in [6.45, 7) is 12.7. The van der Waals surface area contributed by atoms with Crippen molar-refractivity contribution in [2.24, 2.45) is 0 Å². The van der Waals surface area contributed by atoms with Gasteiger partial charge in [0.2, 0.25) is 0 Å². The van der Waals surface area contributed by atoms with Gasteiger partial charge in [0.25, 0.3) is 0 Å². The minimum atomic E-state index is -0.488. The lowest BCUT2D eigenvalue weighted by atomic mass is 10.2. The molecule has 0 aliphatic rings. The molecule has 1 aromatic carbocycles. The van der Waals surface area contributed by atoms with E-state index in [4.69, 9.17) is 11.3 Å². The van der Waals surface area contributed by atoms with Gasteiger partial charge in [-0.15, -0.1) is 0 Å². The molecule has 90 valence electrons. The number of amides is 1. The summed E-state index contributed by atoms with van der Waals surface area (Å²) in [6.07, 6.45) is -0.438. The van der Waals surface area contributed by atoms with Crippen LogP contribution in [0.25, 0.3) is 4.85 Å². The van der Waals surface area contributed by atoms with Crippen molar-refractivity contribution in [1.29, 1.82) is 0 Å². The Morgan fingerprint density at radius 1 is 1.35 bits per heavy atom. The molecular weight excluding hydrogens is 216 g/mol. The second-order valence-corrected chi connectivity index (χ2v) is 4.63. The van der Waals surface area contributed by atoms with E-state index in [2.05, 4.69) is 10.2 Å². The molecule has 0 bridgehead atoms. The molecule has 0 saturated carbocycles. The molecule has 0 saturated heterocycles. The van der Waals surface area contributed by atoms with E-state index in [-0.39, 0.29) is 0 Å². The zero-order chi connectivity index (χ0) is 12.9. The number of alkyl carbamates (subject to hydrolysis) is 1. The molecule has 0 fully saturated rings. The third-order valence-electron chi connectivity index (χ3n) is 1.90. The number of carbonyl (C=O) groups excluding carboxylic acids is 1. The number of nitrogens with zero attached hydrogens (tertiary/aromatic N) is 1. The molecule has 1 amide bonds. The first-order valence-corrected chi connectivity index (χ1v) is 5.34. The number of benzene rings is 1. The average Bonchev–Trinajstić information content (AvgIpc) is 2.25. The number of rotatable bonds is 2. The van der Waals surface area contributed by atoms with Crippen molar-refractivity contribution in [3.63, 3.8) is 0 Å². The van der Waals surface area contributed by atoms with Gasteiger partial charge in [-0.2, -0.15) is 0 Å². The van der Waals surface area contributed by atoms with E-state index in [9.17, 15) is 4.79 Å². The van der Waals surface area contributed by atoms with Gasteiger partial charge in [-0.05, 0) is 26.3 Å². The highest BCUT2D eigenvalue weighted by Crippen LogP contribution is 2.12. The van der Waals surface area contributed by atoms with Crippen LogP contribution in [0.3, 0.4) is 0 Å². The molecule has 0 aromatic heterocycles. The Balaban J connectivity index is 2.45. The van der Waals surface area contributed by atoms with Gasteiger partial charge in [-0.3, -0.25) is 0 Å². The molecule has 0 unspecified atom stereocenters. The molecule has 17 heavy (non-hydrogen) atoms. The number of hydrogen-bond donors (Lipinski definition) is 1. The number of ether oxygens (including phenoxy) is 1. The molecule has 1 rings (SSSR count). The minimum Gasteiger partial charge on any atom is -0.444 e. The number of hydrogen-bond acceptors (Lipinski definition) is 2. The van der Waals surface area contributed by atoms with Crippen LogP contribution in [0.2, 0.25) is 0 Å². The summed E-state index contributed by atoms with van der Waals surface area (Å²) in [5.41, 5.74) is 1.03. The second kappa shape index (κ2) is 5.35. The Labute approximate surface area is 101 Å². The molecule has 0 atom stereocenters. The van der Waals surface area contributed by atoms with Crippen molar-refractivity contribution < 1.29 is 9.53 Å². The van der Waals surface area contributed by atoms with Crippen LogP contribution in [0.5, 0.6) is 0 Å². The molecule has 0 spiro atoms. The fraction of sp³-hybridized carbons (Fsp3) is 0.385. The molecule has 1 N–H and O–H groups in total. The quantitative estimate of drug-likeness (QED) is 0.795. The Morgan fingerprint density at radius 2 is 1.94 bits per heavy atom. The summed E-state index contributed by atoms with van der Waals surface area (Å²) < 4.78 is 5.11. The molecular formula is C13H16N2O2. The Morgan fingerprint density at radius 3 is 2.41 bits per heavy atom. The lowest BCUT2D eigenvalue weighted by Crippen LogP contribution is -2.32. The summed E-state index contributed by atoms with van der Waals surface area (Å²) in [4.78, 5) is 14.7. The SMILES string of the molecule is [C-]#[N+]c1ccc(CNC(=O)OC(C)(C)C)cc1. The van der Waals surface area contributed by atoms with Crippen LogP contribution in [0, 0.1) is 6.57 Å². The van der Waals surface area contributed by atoms with Crippen LogP contribution in [0.15, 0.2) is 24.3 Å². The van der Waals surface area contributed by atoms with Crippen molar-refractivity contribution in [1.82, 2.24) is 5.32 Å². The molecule has 4 heteroatoms. The maximum Gasteiger partial charge on any atom is 0.407 e. The lowest BCUT2D eigenvalue weighted by molar-refractivity contribution is 0.0523. The molecule has 0 aliphatic carbocycles. The van der Waals surface area contributed by atoms with Crippen LogP contribution < -0.4 is 5.32 Å². The van der Waals surface area contributed by atoms with E-state index >= 15 is 0 Å². The molecule has 4 nitrogen and oxygen atoms in total. The molecule has 0 heterocycles. The van der Waals surface area contributed by atoms with Crippen molar-refractivity contribution in [2.45, 2.75) is 32.9 Å². The largest absolute Gasteiger partial charge is 0.444 e. The number of carbonyl (C=O) groups is 1. The summed E-state index contributed by atoms with van der Waals surface area (Å²) in [6, 6.07) is 7.06. The van der Waals surface area contributed by atoms with Crippen molar-refractivity contribution >= 4 is 11.8 Å². The van der Waals surface area contributed by atoms with E-state index < -0.39 is 11.7 Å². The predicted octanol–water partition coefficient (Wildman–Crippen LogP) is 3.26. The first-order chi connectivity index (χ1) is 7.90. The van der Waals surface area contributed by atoms with Crippen LogP contribution in [-0.2, 0) is 11.3 Å². The van der Waals surface area contributed by atoms with Crippen LogP contribution in [0.1, 0.15) is 26.3 Å². The van der Waals surface area contributed by atoms with Gasteiger partial charge in [0, 0.05) is 6.54 Å². The molecule has 1 aromatic rings.